The molecule has 1 aliphatic rings. The molecule has 3 heterocycles. The summed E-state index contributed by atoms with van der Waals surface area (Å²) in [5.41, 5.74) is 3.60. The van der Waals surface area contributed by atoms with Gasteiger partial charge in [-0.3, -0.25) is 4.98 Å². The molecule has 0 amide bonds. The summed E-state index contributed by atoms with van der Waals surface area (Å²) >= 11 is 6.15. The molecule has 1 saturated carbocycles. The fraction of sp³-hybridized carbons (Fsp3) is 0.429. The lowest BCUT2D eigenvalue weighted by Gasteiger charge is -2.31. The first-order chi connectivity index (χ1) is 13.1. The maximum absolute atomic E-state index is 9.38. The molecule has 1 unspecified atom stereocenters. The summed E-state index contributed by atoms with van der Waals surface area (Å²) in [5, 5.41) is 9.93. The standard InChI is InChI=1S/C21H22ClN5/c1-13-3-5-15(6-4-13)14(2)27-12-25-19-8-18(9-23)26-20(21(19)27)16-7-17(22)11-24-10-16/h7-8,10-15H,3-6H2,1-2H3. The number of fused-ring (bicyclic) bond motifs is 1. The molecule has 0 N–H and O–H groups in total. The molecule has 1 atom stereocenters. The topological polar surface area (TPSA) is 67.4 Å². The Bertz CT molecular complexity index is 1010. The van der Waals surface area contributed by atoms with Crippen LogP contribution in [0, 0.1) is 23.2 Å². The van der Waals surface area contributed by atoms with E-state index in [1.54, 1.807) is 18.5 Å². The Labute approximate surface area is 164 Å². The van der Waals surface area contributed by atoms with E-state index in [0.29, 0.717) is 28.4 Å². The molecule has 1 fully saturated rings. The van der Waals surface area contributed by atoms with E-state index >= 15 is 0 Å². The second-order valence-corrected chi connectivity index (χ2v) is 8.08. The van der Waals surface area contributed by atoms with Crippen molar-refractivity contribution in [1.29, 1.82) is 5.26 Å². The van der Waals surface area contributed by atoms with Crippen molar-refractivity contribution in [3.05, 3.63) is 41.6 Å². The third-order valence-corrected chi connectivity index (χ3v) is 6.03. The molecular formula is C21H22ClN5. The number of nitriles is 1. The fourth-order valence-corrected chi connectivity index (χ4v) is 4.34. The van der Waals surface area contributed by atoms with Crippen molar-refractivity contribution >= 4 is 22.6 Å². The van der Waals surface area contributed by atoms with Crippen molar-refractivity contribution in [2.24, 2.45) is 11.8 Å². The van der Waals surface area contributed by atoms with Crippen molar-refractivity contribution in [3.63, 3.8) is 0 Å². The van der Waals surface area contributed by atoms with E-state index < -0.39 is 0 Å². The van der Waals surface area contributed by atoms with Crippen LogP contribution in [0.2, 0.25) is 5.02 Å². The minimum atomic E-state index is 0.322. The third-order valence-electron chi connectivity index (χ3n) is 5.83. The molecule has 0 aromatic carbocycles. The predicted molar refractivity (Wildman–Crippen MR) is 106 cm³/mol. The van der Waals surface area contributed by atoms with Crippen molar-refractivity contribution < 1.29 is 0 Å². The number of aromatic nitrogens is 4. The number of nitrogens with zero attached hydrogens (tertiary/aromatic N) is 5. The molecule has 3 aromatic heterocycles. The third kappa shape index (κ3) is 3.42. The Kier molecular flexibility index (Phi) is 4.84. The van der Waals surface area contributed by atoms with Gasteiger partial charge < -0.3 is 4.57 Å². The second-order valence-electron chi connectivity index (χ2n) is 7.64. The molecule has 0 saturated heterocycles. The van der Waals surface area contributed by atoms with Crippen LogP contribution >= 0.6 is 11.6 Å². The van der Waals surface area contributed by atoms with Gasteiger partial charge in [-0.05, 0) is 37.7 Å². The van der Waals surface area contributed by atoms with Crippen LogP contribution < -0.4 is 0 Å². The molecule has 27 heavy (non-hydrogen) atoms. The molecule has 0 spiro atoms. The Morgan fingerprint density at radius 1 is 1.22 bits per heavy atom. The van der Waals surface area contributed by atoms with Gasteiger partial charge in [0, 0.05) is 30.1 Å². The van der Waals surface area contributed by atoms with Crippen molar-refractivity contribution in [2.45, 2.75) is 45.6 Å². The van der Waals surface area contributed by atoms with E-state index in [2.05, 4.69) is 39.4 Å². The van der Waals surface area contributed by atoms with Crippen LogP contribution in [0.3, 0.4) is 0 Å². The molecule has 0 bridgehead atoms. The molecule has 4 rings (SSSR count). The minimum Gasteiger partial charge on any atom is -0.326 e. The normalized spacial score (nSPS) is 21.1. The molecule has 3 aromatic rings. The van der Waals surface area contributed by atoms with Gasteiger partial charge in [-0.15, -0.1) is 0 Å². The smallest absolute Gasteiger partial charge is 0.143 e. The number of pyridine rings is 2. The van der Waals surface area contributed by atoms with Crippen LogP contribution in [0.1, 0.15) is 51.3 Å². The zero-order valence-electron chi connectivity index (χ0n) is 15.6. The van der Waals surface area contributed by atoms with Crippen LogP contribution in [-0.4, -0.2) is 19.5 Å². The molecule has 0 radical (unpaired) electrons. The fourth-order valence-electron chi connectivity index (χ4n) is 4.16. The Balaban J connectivity index is 1.84. The summed E-state index contributed by atoms with van der Waals surface area (Å²) in [6, 6.07) is 6.05. The number of hydrogen-bond donors (Lipinski definition) is 0. The summed E-state index contributed by atoms with van der Waals surface area (Å²) in [4.78, 5) is 13.4. The van der Waals surface area contributed by atoms with Gasteiger partial charge in [-0.25, -0.2) is 9.97 Å². The van der Waals surface area contributed by atoms with Crippen LogP contribution in [0.5, 0.6) is 0 Å². The lowest BCUT2D eigenvalue weighted by Crippen LogP contribution is -2.21. The van der Waals surface area contributed by atoms with E-state index in [4.69, 9.17) is 11.6 Å². The summed E-state index contributed by atoms with van der Waals surface area (Å²) in [7, 11) is 0. The molecule has 6 heteroatoms. The highest BCUT2D eigenvalue weighted by atomic mass is 35.5. The number of halogens is 1. The van der Waals surface area contributed by atoms with Gasteiger partial charge >= 0.3 is 0 Å². The van der Waals surface area contributed by atoms with E-state index in [1.807, 2.05) is 12.4 Å². The maximum Gasteiger partial charge on any atom is 0.143 e. The average molecular weight is 380 g/mol. The Morgan fingerprint density at radius 2 is 2.00 bits per heavy atom. The lowest BCUT2D eigenvalue weighted by atomic mass is 9.79. The molecule has 0 aliphatic heterocycles. The van der Waals surface area contributed by atoms with Gasteiger partial charge in [0.25, 0.3) is 0 Å². The summed E-state index contributed by atoms with van der Waals surface area (Å²) in [6.07, 6.45) is 10.3. The zero-order valence-corrected chi connectivity index (χ0v) is 16.3. The Morgan fingerprint density at radius 3 is 2.70 bits per heavy atom. The number of imidazole rings is 1. The van der Waals surface area contributed by atoms with Crippen LogP contribution in [0.15, 0.2) is 30.9 Å². The maximum atomic E-state index is 9.38. The highest BCUT2D eigenvalue weighted by Crippen LogP contribution is 2.38. The van der Waals surface area contributed by atoms with Crippen LogP contribution in [-0.2, 0) is 0 Å². The largest absolute Gasteiger partial charge is 0.326 e. The predicted octanol–water partition coefficient (Wildman–Crippen LogP) is 5.41. The van der Waals surface area contributed by atoms with E-state index in [-0.39, 0.29) is 0 Å². The van der Waals surface area contributed by atoms with E-state index in [1.165, 1.54) is 25.7 Å². The Hall–Kier alpha value is -2.45. The first-order valence-corrected chi connectivity index (χ1v) is 9.83. The van der Waals surface area contributed by atoms with Gasteiger partial charge in [0.2, 0.25) is 0 Å². The molecule has 5 nitrogen and oxygen atoms in total. The summed E-state index contributed by atoms with van der Waals surface area (Å²) in [6.45, 7) is 4.60. The highest BCUT2D eigenvalue weighted by Gasteiger charge is 2.26. The van der Waals surface area contributed by atoms with Crippen LogP contribution in [0.25, 0.3) is 22.3 Å². The first-order valence-electron chi connectivity index (χ1n) is 9.45. The van der Waals surface area contributed by atoms with Crippen LogP contribution in [0.4, 0.5) is 0 Å². The second kappa shape index (κ2) is 7.28. The number of rotatable bonds is 3. The van der Waals surface area contributed by atoms with E-state index in [0.717, 1.165) is 22.5 Å². The SMILES string of the molecule is CC1CCC(C(C)n2cnc3cc(C#N)nc(-c4cncc(Cl)c4)c32)CC1. The molecule has 138 valence electrons. The molecular weight excluding hydrogens is 358 g/mol. The molecule has 1 aliphatic carbocycles. The average Bonchev–Trinajstić information content (AvgIpc) is 3.11. The van der Waals surface area contributed by atoms with Crippen molar-refractivity contribution in [3.8, 4) is 17.3 Å². The quantitative estimate of drug-likeness (QED) is 0.610. The number of hydrogen-bond acceptors (Lipinski definition) is 4. The van der Waals surface area contributed by atoms with E-state index in [9.17, 15) is 5.26 Å². The zero-order chi connectivity index (χ0) is 19.0. The van der Waals surface area contributed by atoms with Gasteiger partial charge in [0.05, 0.1) is 28.1 Å². The van der Waals surface area contributed by atoms with Gasteiger partial charge in [-0.1, -0.05) is 31.4 Å². The minimum absolute atomic E-state index is 0.322. The first kappa shape index (κ1) is 17.9. The van der Waals surface area contributed by atoms with Gasteiger partial charge in [0.1, 0.15) is 11.8 Å². The summed E-state index contributed by atoms with van der Waals surface area (Å²) in [5.74, 6) is 1.44. The van der Waals surface area contributed by atoms with Crippen molar-refractivity contribution in [2.75, 3.05) is 0 Å². The van der Waals surface area contributed by atoms with Crippen molar-refractivity contribution in [1.82, 2.24) is 19.5 Å². The summed E-state index contributed by atoms with van der Waals surface area (Å²) < 4.78 is 2.22. The lowest BCUT2D eigenvalue weighted by molar-refractivity contribution is 0.227. The van der Waals surface area contributed by atoms with Gasteiger partial charge in [-0.2, -0.15) is 5.26 Å². The highest BCUT2D eigenvalue weighted by molar-refractivity contribution is 6.30. The van der Waals surface area contributed by atoms with Gasteiger partial charge in [0.15, 0.2) is 0 Å². The monoisotopic (exact) mass is 379 g/mol.